The number of hydrogen-bond acceptors (Lipinski definition) is 7. The number of carbonyl (C=O) groups is 2. The van der Waals surface area contributed by atoms with Gasteiger partial charge in [-0.1, -0.05) is 20.8 Å². The minimum atomic E-state index is -0.962. The molecule has 0 radical (unpaired) electrons. The second-order valence-corrected chi connectivity index (χ2v) is 9.80. The third kappa shape index (κ3) is 4.32. The van der Waals surface area contributed by atoms with E-state index >= 15 is 0 Å². The predicted molar refractivity (Wildman–Crippen MR) is 112 cm³/mol. The first-order valence-corrected chi connectivity index (χ1v) is 11.1. The minimum absolute atomic E-state index is 0.0922. The predicted octanol–water partition coefficient (Wildman–Crippen LogP) is 2.71. The third-order valence-corrected chi connectivity index (χ3v) is 6.86. The molecule has 0 saturated carbocycles. The number of hydroxylamine groups is 2. The topological polar surface area (TPSA) is 95.4 Å². The number of carboxylic acid groups (broad SMARTS) is 1. The van der Waals surface area contributed by atoms with Gasteiger partial charge in [0.05, 0.1) is 19.3 Å². The lowest BCUT2D eigenvalue weighted by atomic mass is 9.78. The molecule has 0 aromatic carbocycles. The molecule has 3 heterocycles. The molecule has 1 unspecified atom stereocenters. The molecule has 2 saturated heterocycles. The van der Waals surface area contributed by atoms with E-state index in [2.05, 4.69) is 30.7 Å². The maximum absolute atomic E-state index is 12.4. The van der Waals surface area contributed by atoms with Crippen molar-refractivity contribution in [3.8, 4) is 0 Å². The molecule has 10 heteroatoms. The molecule has 0 spiro atoms. The highest BCUT2D eigenvalue weighted by molar-refractivity contribution is 7.09. The summed E-state index contributed by atoms with van der Waals surface area (Å²) in [5.74, 6) is -0.361. The van der Waals surface area contributed by atoms with Crippen LogP contribution in [0.4, 0.5) is 4.79 Å². The largest absolute Gasteiger partial charge is 0.465 e. The SMILES string of the molecule is CCO[C@@H]1C[C@@H]2C(C(C)(C)C)N(C(=O)O)[C@H](c3nc(C(=O)N(C)OC)cs3)CN2C1. The fourth-order valence-corrected chi connectivity index (χ4v) is 5.58. The molecule has 3 rings (SSSR count). The van der Waals surface area contributed by atoms with Gasteiger partial charge in [-0.15, -0.1) is 11.3 Å². The maximum Gasteiger partial charge on any atom is 0.408 e. The second kappa shape index (κ2) is 8.78. The first-order valence-electron chi connectivity index (χ1n) is 10.2. The molecule has 1 aromatic rings. The van der Waals surface area contributed by atoms with Gasteiger partial charge in [0.15, 0.2) is 0 Å². The number of rotatable bonds is 5. The summed E-state index contributed by atoms with van der Waals surface area (Å²) >= 11 is 1.31. The normalized spacial score (nSPS) is 27.2. The highest BCUT2D eigenvalue weighted by atomic mass is 32.1. The lowest BCUT2D eigenvalue weighted by molar-refractivity contribution is -0.0760. The van der Waals surface area contributed by atoms with E-state index in [1.54, 1.807) is 10.3 Å². The number of piperazine rings is 1. The molecule has 168 valence electrons. The molecule has 0 bridgehead atoms. The van der Waals surface area contributed by atoms with Crippen molar-refractivity contribution in [1.29, 1.82) is 0 Å². The van der Waals surface area contributed by atoms with Crippen LogP contribution in [0.5, 0.6) is 0 Å². The van der Waals surface area contributed by atoms with Crippen LogP contribution in [0.15, 0.2) is 5.38 Å². The summed E-state index contributed by atoms with van der Waals surface area (Å²) in [5.41, 5.74) is -0.0134. The number of nitrogens with zero attached hydrogens (tertiary/aromatic N) is 4. The Morgan fingerprint density at radius 3 is 2.63 bits per heavy atom. The van der Waals surface area contributed by atoms with Gasteiger partial charge in [-0.05, 0) is 18.8 Å². The van der Waals surface area contributed by atoms with E-state index in [-0.39, 0.29) is 35.2 Å². The van der Waals surface area contributed by atoms with Gasteiger partial charge >= 0.3 is 6.09 Å². The number of aromatic nitrogens is 1. The highest BCUT2D eigenvalue weighted by Gasteiger charge is 2.53. The van der Waals surface area contributed by atoms with Gasteiger partial charge in [-0.3, -0.25) is 19.4 Å². The van der Waals surface area contributed by atoms with Crippen LogP contribution in [0.1, 0.15) is 55.7 Å². The van der Waals surface area contributed by atoms with Crippen molar-refractivity contribution in [2.24, 2.45) is 5.41 Å². The maximum atomic E-state index is 12.4. The lowest BCUT2D eigenvalue weighted by Crippen LogP contribution is -2.63. The summed E-state index contributed by atoms with van der Waals surface area (Å²) in [6, 6.07) is -0.568. The van der Waals surface area contributed by atoms with E-state index in [0.29, 0.717) is 18.2 Å². The Morgan fingerprint density at radius 1 is 1.37 bits per heavy atom. The fraction of sp³-hybridized carbons (Fsp3) is 0.750. The summed E-state index contributed by atoms with van der Waals surface area (Å²) in [7, 11) is 2.93. The van der Waals surface area contributed by atoms with Crippen molar-refractivity contribution in [3.63, 3.8) is 0 Å². The molecule has 4 atom stereocenters. The number of hydrogen-bond donors (Lipinski definition) is 1. The zero-order valence-electron chi connectivity index (χ0n) is 18.5. The van der Waals surface area contributed by atoms with Crippen LogP contribution < -0.4 is 0 Å². The van der Waals surface area contributed by atoms with Crippen molar-refractivity contribution in [3.05, 3.63) is 16.1 Å². The molecule has 2 aliphatic rings. The Morgan fingerprint density at radius 2 is 2.07 bits per heavy atom. The first kappa shape index (κ1) is 22.9. The molecule has 1 N–H and O–H groups in total. The molecular weight excluding hydrogens is 408 g/mol. The summed E-state index contributed by atoms with van der Waals surface area (Å²) < 4.78 is 5.88. The Balaban J connectivity index is 1.97. The minimum Gasteiger partial charge on any atom is -0.465 e. The van der Waals surface area contributed by atoms with Crippen LogP contribution in [-0.2, 0) is 9.57 Å². The molecule has 1 aromatic heterocycles. The van der Waals surface area contributed by atoms with E-state index in [1.807, 2.05) is 6.92 Å². The van der Waals surface area contributed by atoms with E-state index in [0.717, 1.165) is 18.0 Å². The number of amides is 2. The van der Waals surface area contributed by atoms with Gasteiger partial charge < -0.3 is 9.84 Å². The molecular formula is C20H32N4O5S. The number of ether oxygens (including phenoxy) is 1. The van der Waals surface area contributed by atoms with Crippen LogP contribution in [0.2, 0.25) is 0 Å². The van der Waals surface area contributed by atoms with Gasteiger partial charge in [0.2, 0.25) is 0 Å². The average molecular weight is 441 g/mol. The Labute approximate surface area is 181 Å². The zero-order chi connectivity index (χ0) is 22.2. The lowest BCUT2D eigenvalue weighted by Gasteiger charge is -2.52. The van der Waals surface area contributed by atoms with Crippen LogP contribution in [0.3, 0.4) is 0 Å². The van der Waals surface area contributed by atoms with Gasteiger partial charge in [-0.25, -0.2) is 14.8 Å². The quantitative estimate of drug-likeness (QED) is 0.703. The number of carbonyl (C=O) groups excluding carboxylic acids is 1. The van der Waals surface area contributed by atoms with Gasteiger partial charge in [0, 0.05) is 38.2 Å². The standard InChI is InChI=1S/C20H32N4O5S/c1-7-29-12-8-14-16(20(2,3)4)24(19(26)27)15(10-23(14)9-12)17-21-13(11-30-17)18(25)22(5)28-6/h11-12,14-16H,7-10H2,1-6H3,(H,26,27)/t12-,14-,15+,16?/m1/s1. The van der Waals surface area contributed by atoms with Crippen molar-refractivity contribution in [2.45, 2.75) is 58.3 Å². The first-order chi connectivity index (χ1) is 14.1. The zero-order valence-corrected chi connectivity index (χ0v) is 19.3. The van der Waals surface area contributed by atoms with Crippen LogP contribution in [0.25, 0.3) is 0 Å². The monoisotopic (exact) mass is 440 g/mol. The van der Waals surface area contributed by atoms with E-state index < -0.39 is 12.1 Å². The van der Waals surface area contributed by atoms with Crippen molar-refractivity contribution >= 4 is 23.3 Å². The Hall–Kier alpha value is -1.75. The van der Waals surface area contributed by atoms with Crippen LogP contribution in [0, 0.1) is 5.41 Å². The van der Waals surface area contributed by atoms with Crippen molar-refractivity contribution in [1.82, 2.24) is 19.8 Å². The van der Waals surface area contributed by atoms with Gasteiger partial charge in [0.25, 0.3) is 5.91 Å². The van der Waals surface area contributed by atoms with Gasteiger partial charge in [-0.2, -0.15) is 0 Å². The molecule has 0 aliphatic carbocycles. The molecule has 30 heavy (non-hydrogen) atoms. The van der Waals surface area contributed by atoms with Crippen molar-refractivity contribution < 1.29 is 24.3 Å². The highest BCUT2D eigenvalue weighted by Crippen LogP contribution is 2.44. The van der Waals surface area contributed by atoms with Crippen LogP contribution in [-0.4, -0.2) is 89.0 Å². The van der Waals surface area contributed by atoms with E-state index in [1.165, 1.54) is 25.5 Å². The summed E-state index contributed by atoms with van der Waals surface area (Å²) in [5, 5.41) is 13.6. The summed E-state index contributed by atoms with van der Waals surface area (Å²) in [4.78, 5) is 38.2. The third-order valence-electron chi connectivity index (χ3n) is 5.92. The summed E-state index contributed by atoms with van der Waals surface area (Å²) in [6.07, 6.45) is -0.0495. The van der Waals surface area contributed by atoms with Gasteiger partial charge in [0.1, 0.15) is 16.7 Å². The number of thiazole rings is 1. The molecule has 9 nitrogen and oxygen atoms in total. The van der Waals surface area contributed by atoms with Crippen molar-refractivity contribution in [2.75, 3.05) is 33.9 Å². The van der Waals surface area contributed by atoms with E-state index in [4.69, 9.17) is 9.57 Å². The molecule has 2 aliphatic heterocycles. The Kier molecular flexibility index (Phi) is 6.71. The Bertz CT molecular complexity index is 779. The molecule has 2 fully saturated rings. The molecule has 2 amide bonds. The average Bonchev–Trinajstić information content (AvgIpc) is 3.31. The smallest absolute Gasteiger partial charge is 0.408 e. The second-order valence-electron chi connectivity index (χ2n) is 8.91. The van der Waals surface area contributed by atoms with E-state index in [9.17, 15) is 14.7 Å². The summed E-state index contributed by atoms with van der Waals surface area (Å²) in [6.45, 7) is 10.2. The number of fused-ring (bicyclic) bond motifs is 1. The van der Waals surface area contributed by atoms with Crippen LogP contribution >= 0.6 is 11.3 Å². The fourth-order valence-electron chi connectivity index (χ4n) is 4.70.